The first kappa shape index (κ1) is 22.0. The lowest BCUT2D eigenvalue weighted by molar-refractivity contribution is -0.140. The van der Waals surface area contributed by atoms with E-state index in [1.54, 1.807) is 42.6 Å². The lowest BCUT2D eigenvalue weighted by Gasteiger charge is -2.25. The number of aliphatic hydroxyl groups is 1. The van der Waals surface area contributed by atoms with Crippen LogP contribution in [0.1, 0.15) is 22.7 Å². The van der Waals surface area contributed by atoms with Gasteiger partial charge in [-0.2, -0.15) is 0 Å². The van der Waals surface area contributed by atoms with Crippen LogP contribution in [0.3, 0.4) is 0 Å². The van der Waals surface area contributed by atoms with E-state index >= 15 is 0 Å². The third-order valence-corrected chi connectivity index (χ3v) is 5.44. The maximum atomic E-state index is 14.0. The van der Waals surface area contributed by atoms with Gasteiger partial charge in [-0.15, -0.1) is 0 Å². The Hall–Kier alpha value is -4.20. The van der Waals surface area contributed by atoms with Gasteiger partial charge in [0.2, 0.25) is 0 Å². The second-order valence-corrected chi connectivity index (χ2v) is 7.41. The number of Topliss-reactive ketones (excluding diaryl/α,β-unsaturated/α-hetero) is 1. The molecule has 2 heterocycles. The minimum atomic E-state index is -0.933. The van der Waals surface area contributed by atoms with Crippen LogP contribution in [-0.4, -0.2) is 40.9 Å². The summed E-state index contributed by atoms with van der Waals surface area (Å²) in [6.07, 6.45) is 3.08. The molecule has 1 aromatic heterocycles. The summed E-state index contributed by atoms with van der Waals surface area (Å²) in [6.45, 7) is 0.0817. The van der Waals surface area contributed by atoms with Crippen LogP contribution in [0.4, 0.5) is 4.39 Å². The SMILES string of the molecule is COc1cccc(CN2C(=O)C(=O)/C(=C(/O)c3cc(F)ccc3OC)C2c2cccnc2)c1. The number of likely N-dealkylation sites (tertiary alicyclic amines) is 1. The summed E-state index contributed by atoms with van der Waals surface area (Å²) in [5.41, 5.74) is 1.07. The molecule has 1 fully saturated rings. The third kappa shape index (κ3) is 4.15. The lowest BCUT2D eigenvalue weighted by Crippen LogP contribution is -2.29. The zero-order valence-electron chi connectivity index (χ0n) is 18.0. The third-order valence-electron chi connectivity index (χ3n) is 5.44. The molecule has 1 aliphatic rings. The van der Waals surface area contributed by atoms with E-state index in [2.05, 4.69) is 4.98 Å². The fourth-order valence-electron chi connectivity index (χ4n) is 3.91. The number of aliphatic hydroxyl groups excluding tert-OH is 1. The molecule has 1 N–H and O–H groups in total. The van der Waals surface area contributed by atoms with Gasteiger partial charge >= 0.3 is 0 Å². The molecule has 2 aromatic carbocycles. The number of methoxy groups -OCH3 is 2. The first-order chi connectivity index (χ1) is 15.9. The number of ether oxygens (including phenoxy) is 2. The highest BCUT2D eigenvalue weighted by Crippen LogP contribution is 2.41. The Morgan fingerprint density at radius 3 is 2.61 bits per heavy atom. The summed E-state index contributed by atoms with van der Waals surface area (Å²) in [6, 6.07) is 13.1. The van der Waals surface area contributed by atoms with Crippen LogP contribution in [0.5, 0.6) is 11.5 Å². The maximum Gasteiger partial charge on any atom is 0.295 e. The number of hydrogen-bond acceptors (Lipinski definition) is 6. The van der Waals surface area contributed by atoms with Crippen LogP contribution in [0, 0.1) is 5.82 Å². The number of pyridine rings is 1. The van der Waals surface area contributed by atoms with Gasteiger partial charge in [-0.05, 0) is 47.5 Å². The van der Waals surface area contributed by atoms with E-state index in [1.165, 1.54) is 37.4 Å². The summed E-state index contributed by atoms with van der Waals surface area (Å²) in [4.78, 5) is 31.7. The van der Waals surface area contributed by atoms with E-state index in [4.69, 9.17) is 9.47 Å². The van der Waals surface area contributed by atoms with Gasteiger partial charge in [0, 0.05) is 18.9 Å². The van der Waals surface area contributed by atoms with Crippen molar-refractivity contribution in [2.75, 3.05) is 14.2 Å². The van der Waals surface area contributed by atoms with Crippen LogP contribution in [0.15, 0.2) is 72.6 Å². The molecule has 33 heavy (non-hydrogen) atoms. The number of amides is 1. The quantitative estimate of drug-likeness (QED) is 0.350. The number of carbonyl (C=O) groups excluding carboxylic acids is 2. The van der Waals surface area contributed by atoms with Gasteiger partial charge in [-0.25, -0.2) is 4.39 Å². The van der Waals surface area contributed by atoms with Gasteiger partial charge in [0.05, 0.1) is 31.4 Å². The molecule has 0 bridgehead atoms. The Balaban J connectivity index is 1.88. The molecule has 1 unspecified atom stereocenters. The Morgan fingerprint density at radius 1 is 1.09 bits per heavy atom. The minimum Gasteiger partial charge on any atom is -0.507 e. The topological polar surface area (TPSA) is 89.0 Å². The van der Waals surface area contributed by atoms with Gasteiger partial charge in [-0.1, -0.05) is 18.2 Å². The molecule has 3 aromatic rings. The molecule has 0 saturated carbocycles. The van der Waals surface area contributed by atoms with E-state index in [0.29, 0.717) is 11.3 Å². The molecule has 0 radical (unpaired) electrons. The number of benzene rings is 2. The molecule has 0 spiro atoms. The fourth-order valence-corrected chi connectivity index (χ4v) is 3.91. The maximum absolute atomic E-state index is 14.0. The largest absolute Gasteiger partial charge is 0.507 e. The zero-order chi connectivity index (χ0) is 23.5. The highest BCUT2D eigenvalue weighted by molar-refractivity contribution is 6.46. The second kappa shape index (κ2) is 9.12. The molecule has 7 nitrogen and oxygen atoms in total. The van der Waals surface area contributed by atoms with E-state index in [1.807, 2.05) is 0 Å². The summed E-state index contributed by atoms with van der Waals surface area (Å²) in [7, 11) is 2.90. The Morgan fingerprint density at radius 2 is 1.91 bits per heavy atom. The van der Waals surface area contributed by atoms with Crippen LogP contribution in [-0.2, 0) is 16.1 Å². The minimum absolute atomic E-state index is 0.0224. The smallest absolute Gasteiger partial charge is 0.295 e. The zero-order valence-corrected chi connectivity index (χ0v) is 18.0. The summed E-state index contributed by atoms with van der Waals surface area (Å²) in [5, 5.41) is 11.1. The summed E-state index contributed by atoms with van der Waals surface area (Å²) in [5.74, 6) is -2.05. The number of rotatable bonds is 6. The average Bonchev–Trinajstić information content (AvgIpc) is 3.09. The highest BCUT2D eigenvalue weighted by atomic mass is 19.1. The number of nitrogens with zero attached hydrogens (tertiary/aromatic N) is 2. The van der Waals surface area contributed by atoms with Crippen molar-refractivity contribution in [1.29, 1.82) is 0 Å². The van der Waals surface area contributed by atoms with E-state index < -0.39 is 29.3 Å². The van der Waals surface area contributed by atoms with Crippen LogP contribution in [0.2, 0.25) is 0 Å². The molecule has 8 heteroatoms. The Kier molecular flexibility index (Phi) is 6.08. The lowest BCUT2D eigenvalue weighted by atomic mass is 9.95. The molecular formula is C25H21FN2O5. The first-order valence-electron chi connectivity index (χ1n) is 10.1. The molecule has 168 valence electrons. The summed E-state index contributed by atoms with van der Waals surface area (Å²) >= 11 is 0. The van der Waals surface area contributed by atoms with Crippen molar-refractivity contribution in [3.63, 3.8) is 0 Å². The average molecular weight is 448 g/mol. The van der Waals surface area contributed by atoms with Crippen molar-refractivity contribution in [3.8, 4) is 11.5 Å². The normalized spacial score (nSPS) is 17.3. The van der Waals surface area contributed by atoms with Gasteiger partial charge in [0.25, 0.3) is 11.7 Å². The first-order valence-corrected chi connectivity index (χ1v) is 10.1. The number of aromatic nitrogens is 1. The number of ketones is 1. The van der Waals surface area contributed by atoms with Gasteiger partial charge in [0.1, 0.15) is 23.1 Å². The monoisotopic (exact) mass is 448 g/mol. The van der Waals surface area contributed by atoms with Crippen LogP contribution in [0.25, 0.3) is 5.76 Å². The molecule has 4 rings (SSSR count). The molecule has 1 amide bonds. The molecule has 1 saturated heterocycles. The van der Waals surface area contributed by atoms with E-state index in [9.17, 15) is 19.1 Å². The molecular weight excluding hydrogens is 427 g/mol. The van der Waals surface area contributed by atoms with Gasteiger partial charge in [0.15, 0.2) is 0 Å². The van der Waals surface area contributed by atoms with Gasteiger partial charge < -0.3 is 19.5 Å². The van der Waals surface area contributed by atoms with Crippen molar-refractivity contribution in [2.24, 2.45) is 0 Å². The second-order valence-electron chi connectivity index (χ2n) is 7.41. The Bertz CT molecular complexity index is 1240. The molecule has 0 aliphatic carbocycles. The van der Waals surface area contributed by atoms with Gasteiger partial charge in [-0.3, -0.25) is 14.6 Å². The van der Waals surface area contributed by atoms with Crippen LogP contribution >= 0.6 is 0 Å². The number of carbonyl (C=O) groups is 2. The van der Waals surface area contributed by atoms with Crippen molar-refractivity contribution in [3.05, 3.63) is 95.1 Å². The number of halogens is 1. The van der Waals surface area contributed by atoms with Crippen molar-refractivity contribution >= 4 is 17.4 Å². The van der Waals surface area contributed by atoms with Crippen LogP contribution < -0.4 is 9.47 Å². The van der Waals surface area contributed by atoms with Crippen molar-refractivity contribution < 1.29 is 28.6 Å². The summed E-state index contributed by atoms with van der Waals surface area (Å²) < 4.78 is 24.5. The Labute approximate surface area is 189 Å². The predicted molar refractivity (Wildman–Crippen MR) is 118 cm³/mol. The molecule has 1 aliphatic heterocycles. The van der Waals surface area contributed by atoms with Crippen molar-refractivity contribution in [1.82, 2.24) is 9.88 Å². The predicted octanol–water partition coefficient (Wildman–Crippen LogP) is 3.86. The standard InChI is InChI=1S/C25H21FN2O5/c1-32-18-7-3-5-15(11-18)14-28-22(16-6-4-10-27-13-16)21(24(30)25(28)31)23(29)19-12-17(26)8-9-20(19)33-2/h3-13,22,29H,14H2,1-2H3/b23-21+. The molecule has 1 atom stereocenters. The van der Waals surface area contributed by atoms with Crippen molar-refractivity contribution in [2.45, 2.75) is 12.6 Å². The van der Waals surface area contributed by atoms with E-state index in [-0.39, 0.29) is 23.4 Å². The number of hydrogen-bond donors (Lipinski definition) is 1. The van der Waals surface area contributed by atoms with E-state index in [0.717, 1.165) is 11.6 Å². The fraction of sp³-hybridized carbons (Fsp3) is 0.160. The highest BCUT2D eigenvalue weighted by Gasteiger charge is 2.46.